The molecule has 2 unspecified atom stereocenters. The van der Waals surface area contributed by atoms with Crippen LogP contribution in [0.25, 0.3) is 0 Å². The number of methoxy groups -OCH3 is 1. The zero-order chi connectivity index (χ0) is 24.6. The molecular weight excluding hydrogens is 457 g/mol. The van der Waals surface area contributed by atoms with E-state index in [2.05, 4.69) is 0 Å². The van der Waals surface area contributed by atoms with Crippen LogP contribution < -0.4 is 9.47 Å². The molecule has 1 aliphatic carbocycles. The van der Waals surface area contributed by atoms with E-state index in [0.717, 1.165) is 22.3 Å². The maximum absolute atomic E-state index is 13.9. The van der Waals surface area contributed by atoms with Crippen LogP contribution in [0.2, 0.25) is 0 Å². The Morgan fingerprint density at radius 3 is 2.57 bits per heavy atom. The van der Waals surface area contributed by atoms with Crippen molar-refractivity contribution in [2.24, 2.45) is 0 Å². The third-order valence-electron chi connectivity index (χ3n) is 6.78. The first-order valence-electron chi connectivity index (χ1n) is 11.6. The maximum Gasteiger partial charge on any atom is 0.416 e. The molecule has 0 saturated carbocycles. The van der Waals surface area contributed by atoms with E-state index in [-0.39, 0.29) is 30.8 Å². The summed E-state index contributed by atoms with van der Waals surface area (Å²) in [6.45, 7) is 0.392. The largest absolute Gasteiger partial charge is 0.492 e. The van der Waals surface area contributed by atoms with Gasteiger partial charge in [-0.25, -0.2) is 0 Å². The summed E-state index contributed by atoms with van der Waals surface area (Å²) in [5, 5.41) is 0. The third-order valence-corrected chi connectivity index (χ3v) is 6.78. The molecule has 0 fully saturated rings. The van der Waals surface area contributed by atoms with Crippen LogP contribution in [-0.4, -0.2) is 19.7 Å². The van der Waals surface area contributed by atoms with Crippen LogP contribution >= 0.6 is 0 Å². The Labute approximate surface area is 201 Å². The van der Waals surface area contributed by atoms with Crippen molar-refractivity contribution in [1.82, 2.24) is 0 Å². The molecule has 0 spiro atoms. The number of rotatable bonds is 6. The molecule has 3 aromatic carbocycles. The second-order valence-electron chi connectivity index (χ2n) is 8.95. The Bertz CT molecular complexity index is 1240. The van der Waals surface area contributed by atoms with Crippen molar-refractivity contribution in [3.8, 4) is 11.5 Å². The van der Waals surface area contributed by atoms with E-state index < -0.39 is 11.7 Å². The van der Waals surface area contributed by atoms with Crippen molar-refractivity contribution in [3.05, 3.63) is 94.0 Å². The average molecular weight is 482 g/mol. The fourth-order valence-corrected chi connectivity index (χ4v) is 5.08. The summed E-state index contributed by atoms with van der Waals surface area (Å²) >= 11 is 0. The molecule has 0 aromatic heterocycles. The lowest BCUT2D eigenvalue weighted by molar-refractivity contribution is -0.141. The van der Waals surface area contributed by atoms with Crippen molar-refractivity contribution in [2.75, 3.05) is 13.7 Å². The number of carbonyl (C=O) groups is 1. The first-order chi connectivity index (χ1) is 16.8. The van der Waals surface area contributed by atoms with Gasteiger partial charge in [-0.15, -0.1) is 0 Å². The second-order valence-corrected chi connectivity index (χ2v) is 8.95. The van der Waals surface area contributed by atoms with Crippen LogP contribution in [0.15, 0.2) is 60.7 Å². The molecule has 0 saturated heterocycles. The molecule has 0 radical (unpaired) electrons. The molecule has 5 rings (SSSR count). The molecule has 0 amide bonds. The number of alkyl halides is 3. The molecule has 1 aliphatic heterocycles. The molecule has 35 heavy (non-hydrogen) atoms. The molecule has 3 aromatic rings. The Hall–Kier alpha value is -3.48. The first-order valence-corrected chi connectivity index (χ1v) is 11.6. The SMILES string of the molecule is COC(=O)CC1COc2cc(OC3CCc4c3ccc(C(F)(F)F)c4Cc3ccccc3)ccc21. The lowest BCUT2D eigenvalue weighted by Gasteiger charge is -2.20. The summed E-state index contributed by atoms with van der Waals surface area (Å²) < 4.78 is 58.3. The minimum Gasteiger partial charge on any atom is -0.492 e. The molecule has 0 bridgehead atoms. The summed E-state index contributed by atoms with van der Waals surface area (Å²) in [7, 11) is 1.36. The van der Waals surface area contributed by atoms with Gasteiger partial charge in [-0.1, -0.05) is 42.5 Å². The number of hydrogen-bond donors (Lipinski definition) is 0. The van der Waals surface area contributed by atoms with E-state index in [1.54, 1.807) is 12.1 Å². The van der Waals surface area contributed by atoms with Crippen molar-refractivity contribution in [2.45, 2.75) is 43.9 Å². The Morgan fingerprint density at radius 1 is 1.06 bits per heavy atom. The van der Waals surface area contributed by atoms with Crippen molar-refractivity contribution in [1.29, 1.82) is 0 Å². The minimum atomic E-state index is -4.42. The smallest absolute Gasteiger partial charge is 0.416 e. The lowest BCUT2D eigenvalue weighted by atomic mass is 9.92. The zero-order valence-corrected chi connectivity index (χ0v) is 19.2. The summed E-state index contributed by atoms with van der Waals surface area (Å²) in [5.74, 6) is 0.885. The Balaban J connectivity index is 1.40. The molecule has 182 valence electrons. The number of fused-ring (bicyclic) bond motifs is 2. The second kappa shape index (κ2) is 9.29. The van der Waals surface area contributed by atoms with Gasteiger partial charge in [0.05, 0.1) is 25.7 Å². The van der Waals surface area contributed by atoms with Crippen LogP contribution in [0.3, 0.4) is 0 Å². The first kappa shape index (κ1) is 23.3. The quantitative estimate of drug-likeness (QED) is 0.382. The highest BCUT2D eigenvalue weighted by Gasteiger charge is 2.37. The average Bonchev–Trinajstić information content (AvgIpc) is 3.43. The number of benzene rings is 3. The normalized spacial score (nSPS) is 18.5. The fraction of sp³-hybridized carbons (Fsp3) is 0.321. The summed E-state index contributed by atoms with van der Waals surface area (Å²) in [6, 6.07) is 17.5. The van der Waals surface area contributed by atoms with Gasteiger partial charge in [0.25, 0.3) is 0 Å². The van der Waals surface area contributed by atoms with E-state index in [0.29, 0.717) is 36.5 Å². The van der Waals surface area contributed by atoms with Gasteiger partial charge in [0.1, 0.15) is 17.6 Å². The number of ether oxygens (including phenoxy) is 3. The predicted octanol–water partition coefficient (Wildman–Crippen LogP) is 6.40. The molecule has 0 N–H and O–H groups in total. The van der Waals surface area contributed by atoms with E-state index in [4.69, 9.17) is 14.2 Å². The monoisotopic (exact) mass is 482 g/mol. The van der Waals surface area contributed by atoms with Crippen LogP contribution in [0, 0.1) is 0 Å². The highest BCUT2D eigenvalue weighted by molar-refractivity contribution is 5.71. The standard InChI is InChI=1S/C28H25F3O4/c1-33-27(32)14-18-16-34-26-15-19(7-8-20(18)26)35-25-12-10-21-22(25)9-11-24(28(29,30)31)23(21)13-17-5-3-2-4-6-17/h2-9,11,15,18,25H,10,12-14,16H2,1H3. The van der Waals surface area contributed by atoms with Gasteiger partial charge >= 0.3 is 12.1 Å². The summed E-state index contributed by atoms with van der Waals surface area (Å²) in [4.78, 5) is 11.6. The maximum atomic E-state index is 13.9. The van der Waals surface area contributed by atoms with Gasteiger partial charge in [-0.05, 0) is 53.6 Å². The predicted molar refractivity (Wildman–Crippen MR) is 124 cm³/mol. The van der Waals surface area contributed by atoms with E-state index in [1.165, 1.54) is 13.2 Å². The zero-order valence-electron chi connectivity index (χ0n) is 19.2. The highest BCUT2D eigenvalue weighted by atomic mass is 19.4. The molecule has 2 atom stereocenters. The fourth-order valence-electron chi connectivity index (χ4n) is 5.08. The molecule has 1 heterocycles. The van der Waals surface area contributed by atoms with Crippen molar-refractivity contribution >= 4 is 5.97 Å². The van der Waals surface area contributed by atoms with Gasteiger partial charge < -0.3 is 14.2 Å². The molecular formula is C28H25F3O4. The summed E-state index contributed by atoms with van der Waals surface area (Å²) in [5.41, 5.74) is 3.04. The van der Waals surface area contributed by atoms with Crippen LogP contribution in [0.1, 0.15) is 58.2 Å². The van der Waals surface area contributed by atoms with E-state index in [9.17, 15) is 18.0 Å². The van der Waals surface area contributed by atoms with Gasteiger partial charge in [-0.3, -0.25) is 4.79 Å². The molecule has 7 heteroatoms. The van der Waals surface area contributed by atoms with Gasteiger partial charge in [-0.2, -0.15) is 13.2 Å². The van der Waals surface area contributed by atoms with Crippen molar-refractivity contribution < 1.29 is 32.2 Å². The topological polar surface area (TPSA) is 44.8 Å². The highest BCUT2D eigenvalue weighted by Crippen LogP contribution is 2.44. The molecule has 2 aliphatic rings. The van der Waals surface area contributed by atoms with E-state index >= 15 is 0 Å². The lowest BCUT2D eigenvalue weighted by Crippen LogP contribution is -2.13. The number of hydrogen-bond acceptors (Lipinski definition) is 4. The van der Waals surface area contributed by atoms with Crippen LogP contribution in [-0.2, 0) is 28.5 Å². The van der Waals surface area contributed by atoms with Gasteiger partial charge in [0.2, 0.25) is 0 Å². The van der Waals surface area contributed by atoms with Gasteiger partial charge in [0.15, 0.2) is 0 Å². The Morgan fingerprint density at radius 2 is 1.83 bits per heavy atom. The van der Waals surface area contributed by atoms with Crippen molar-refractivity contribution in [3.63, 3.8) is 0 Å². The van der Waals surface area contributed by atoms with Crippen LogP contribution in [0.4, 0.5) is 13.2 Å². The number of carbonyl (C=O) groups excluding carboxylic acids is 1. The third kappa shape index (κ3) is 4.72. The van der Waals surface area contributed by atoms with Gasteiger partial charge in [0, 0.05) is 17.5 Å². The Kier molecular flexibility index (Phi) is 6.17. The summed E-state index contributed by atoms with van der Waals surface area (Å²) in [6.07, 6.45) is -3.18. The number of halogens is 3. The number of esters is 1. The minimum absolute atomic E-state index is 0.0694. The van der Waals surface area contributed by atoms with E-state index in [1.807, 2.05) is 42.5 Å². The van der Waals surface area contributed by atoms with Crippen LogP contribution in [0.5, 0.6) is 11.5 Å². The molecule has 4 nitrogen and oxygen atoms in total.